The van der Waals surface area contributed by atoms with Crippen LogP contribution in [0.5, 0.6) is 5.75 Å². The molecule has 1 aliphatic rings. The molecule has 1 saturated heterocycles. The quantitative estimate of drug-likeness (QED) is 0.798. The van der Waals surface area contributed by atoms with Gasteiger partial charge in [-0.1, -0.05) is 12.1 Å². The largest absolute Gasteiger partial charge is 0.573 e. The Hall–Kier alpha value is -0.980. The first-order valence-electron chi connectivity index (χ1n) is 6.20. The van der Waals surface area contributed by atoms with E-state index in [-0.39, 0.29) is 11.8 Å². The predicted molar refractivity (Wildman–Crippen MR) is 68.9 cm³/mol. The van der Waals surface area contributed by atoms with Gasteiger partial charge in [-0.25, -0.2) is 0 Å². The second kappa shape index (κ2) is 6.65. The molecule has 0 saturated carbocycles. The molecular formula is C13H15ClF3NO2. The zero-order valence-corrected chi connectivity index (χ0v) is 11.5. The van der Waals surface area contributed by atoms with Crippen molar-refractivity contribution in [3.05, 3.63) is 29.8 Å². The molecule has 20 heavy (non-hydrogen) atoms. The van der Waals surface area contributed by atoms with E-state index in [4.69, 9.17) is 16.3 Å². The Morgan fingerprint density at radius 1 is 1.30 bits per heavy atom. The number of alkyl halides is 4. The molecular weight excluding hydrogens is 295 g/mol. The van der Waals surface area contributed by atoms with Crippen LogP contribution in [0.3, 0.4) is 0 Å². The second-order valence-corrected chi connectivity index (χ2v) is 4.85. The molecule has 1 unspecified atom stereocenters. The Morgan fingerprint density at radius 3 is 2.60 bits per heavy atom. The summed E-state index contributed by atoms with van der Waals surface area (Å²) in [5.74, 6) is 0.257. The van der Waals surface area contributed by atoms with E-state index in [1.54, 1.807) is 12.1 Å². The third-order valence-corrected chi connectivity index (χ3v) is 3.43. The Balaban J connectivity index is 1.96. The highest BCUT2D eigenvalue weighted by molar-refractivity contribution is 6.18. The predicted octanol–water partition coefficient (Wildman–Crippen LogP) is 3.02. The van der Waals surface area contributed by atoms with Crippen LogP contribution in [0.25, 0.3) is 0 Å². The number of hydrogen-bond donors (Lipinski definition) is 0. The molecule has 1 aromatic rings. The summed E-state index contributed by atoms with van der Waals surface area (Å²) in [4.78, 5) is 2.16. The van der Waals surface area contributed by atoms with Crippen molar-refractivity contribution in [2.75, 3.05) is 25.6 Å². The molecule has 112 valence electrons. The van der Waals surface area contributed by atoms with Crippen LogP contribution in [0.4, 0.5) is 13.2 Å². The fourth-order valence-corrected chi connectivity index (χ4v) is 2.35. The highest BCUT2D eigenvalue weighted by Gasteiger charge is 2.31. The average molecular weight is 310 g/mol. The molecule has 1 aliphatic heterocycles. The summed E-state index contributed by atoms with van der Waals surface area (Å²) in [6, 6.07) is 6.03. The second-order valence-electron chi connectivity index (χ2n) is 4.55. The minimum Gasteiger partial charge on any atom is -0.406 e. The minimum atomic E-state index is -4.66. The number of morpholine rings is 1. The van der Waals surface area contributed by atoms with E-state index in [1.165, 1.54) is 12.1 Å². The van der Waals surface area contributed by atoms with Gasteiger partial charge in [0, 0.05) is 25.0 Å². The summed E-state index contributed by atoms with van der Waals surface area (Å²) in [6.07, 6.45) is -4.66. The zero-order chi connectivity index (χ0) is 14.6. The first kappa shape index (κ1) is 15.4. The van der Waals surface area contributed by atoms with Crippen LogP contribution in [-0.4, -0.2) is 42.9 Å². The molecule has 0 spiro atoms. The van der Waals surface area contributed by atoms with Gasteiger partial charge in [-0.3, -0.25) is 4.90 Å². The van der Waals surface area contributed by atoms with Gasteiger partial charge >= 0.3 is 6.36 Å². The van der Waals surface area contributed by atoms with Gasteiger partial charge in [0.05, 0.1) is 13.2 Å². The van der Waals surface area contributed by atoms with Crippen LogP contribution in [0.15, 0.2) is 24.3 Å². The van der Waals surface area contributed by atoms with Gasteiger partial charge in [0.15, 0.2) is 0 Å². The van der Waals surface area contributed by atoms with Gasteiger partial charge in [-0.15, -0.1) is 24.8 Å². The van der Waals surface area contributed by atoms with Gasteiger partial charge in [0.2, 0.25) is 0 Å². The Morgan fingerprint density at radius 2 is 2.00 bits per heavy atom. The van der Waals surface area contributed by atoms with Crippen molar-refractivity contribution in [1.29, 1.82) is 0 Å². The molecule has 0 N–H and O–H groups in total. The van der Waals surface area contributed by atoms with Crippen LogP contribution in [0.2, 0.25) is 0 Å². The number of nitrogens with zero attached hydrogens (tertiary/aromatic N) is 1. The zero-order valence-electron chi connectivity index (χ0n) is 10.7. The lowest BCUT2D eigenvalue weighted by Crippen LogP contribution is -2.45. The lowest BCUT2D eigenvalue weighted by molar-refractivity contribution is -0.274. The van der Waals surface area contributed by atoms with Crippen molar-refractivity contribution in [1.82, 2.24) is 4.90 Å². The van der Waals surface area contributed by atoms with Gasteiger partial charge in [0.25, 0.3) is 0 Å². The summed E-state index contributed by atoms with van der Waals surface area (Å²) < 4.78 is 45.3. The molecule has 1 fully saturated rings. The number of hydrogen-bond acceptors (Lipinski definition) is 3. The minimum absolute atomic E-state index is 0.136. The highest BCUT2D eigenvalue weighted by Crippen LogP contribution is 2.23. The van der Waals surface area contributed by atoms with Crippen LogP contribution >= 0.6 is 11.6 Å². The van der Waals surface area contributed by atoms with Gasteiger partial charge in [0.1, 0.15) is 5.75 Å². The molecule has 0 bridgehead atoms. The molecule has 0 aromatic heterocycles. The SMILES string of the molecule is FC(F)(F)Oc1ccc(CN2CCOCC2CCl)cc1. The maximum atomic E-state index is 12.1. The monoisotopic (exact) mass is 309 g/mol. The van der Waals surface area contributed by atoms with Crippen molar-refractivity contribution >= 4 is 11.6 Å². The lowest BCUT2D eigenvalue weighted by atomic mass is 10.1. The van der Waals surface area contributed by atoms with Crippen LogP contribution < -0.4 is 4.74 Å². The third kappa shape index (κ3) is 4.54. The van der Waals surface area contributed by atoms with Crippen LogP contribution in [0, 0.1) is 0 Å². The van der Waals surface area contributed by atoms with E-state index >= 15 is 0 Å². The number of halogens is 4. The van der Waals surface area contributed by atoms with Crippen molar-refractivity contribution < 1.29 is 22.6 Å². The van der Waals surface area contributed by atoms with Crippen LogP contribution in [-0.2, 0) is 11.3 Å². The van der Waals surface area contributed by atoms with Crippen molar-refractivity contribution in [3.8, 4) is 5.75 Å². The van der Waals surface area contributed by atoms with E-state index in [0.29, 0.717) is 25.6 Å². The van der Waals surface area contributed by atoms with E-state index < -0.39 is 6.36 Å². The Bertz CT molecular complexity index is 425. The van der Waals surface area contributed by atoms with Gasteiger partial charge < -0.3 is 9.47 Å². The molecule has 0 amide bonds. The van der Waals surface area contributed by atoms with E-state index in [1.807, 2.05) is 0 Å². The average Bonchev–Trinajstić information content (AvgIpc) is 2.40. The normalized spacial score (nSPS) is 20.9. The molecule has 1 heterocycles. The summed E-state index contributed by atoms with van der Waals surface area (Å²) >= 11 is 5.87. The lowest BCUT2D eigenvalue weighted by Gasteiger charge is -2.34. The third-order valence-electron chi connectivity index (χ3n) is 3.07. The van der Waals surface area contributed by atoms with Crippen molar-refractivity contribution in [2.45, 2.75) is 18.9 Å². The summed E-state index contributed by atoms with van der Waals surface area (Å²) in [7, 11) is 0. The molecule has 3 nitrogen and oxygen atoms in total. The summed E-state index contributed by atoms with van der Waals surface area (Å²) in [5, 5.41) is 0. The van der Waals surface area contributed by atoms with Crippen molar-refractivity contribution in [2.24, 2.45) is 0 Å². The summed E-state index contributed by atoms with van der Waals surface area (Å²) in [5.41, 5.74) is 0.913. The Labute approximate surface area is 120 Å². The van der Waals surface area contributed by atoms with E-state index in [0.717, 1.165) is 12.1 Å². The Kier molecular flexibility index (Phi) is 5.12. The topological polar surface area (TPSA) is 21.7 Å². The molecule has 0 radical (unpaired) electrons. The maximum Gasteiger partial charge on any atom is 0.573 e. The first-order valence-corrected chi connectivity index (χ1v) is 6.74. The smallest absolute Gasteiger partial charge is 0.406 e. The summed E-state index contributed by atoms with van der Waals surface area (Å²) in [6.45, 7) is 2.62. The number of benzene rings is 1. The first-order chi connectivity index (χ1) is 9.48. The maximum absolute atomic E-state index is 12.1. The fourth-order valence-electron chi connectivity index (χ4n) is 2.07. The van der Waals surface area contributed by atoms with E-state index in [9.17, 15) is 13.2 Å². The molecule has 0 aliphatic carbocycles. The van der Waals surface area contributed by atoms with Crippen molar-refractivity contribution in [3.63, 3.8) is 0 Å². The molecule has 7 heteroatoms. The van der Waals surface area contributed by atoms with Gasteiger partial charge in [-0.2, -0.15) is 0 Å². The standard InChI is InChI=1S/C13H15ClF3NO2/c14-7-11-9-19-6-5-18(11)8-10-1-3-12(4-2-10)20-13(15,16)17/h1-4,11H,5-9H2. The van der Waals surface area contributed by atoms with E-state index in [2.05, 4.69) is 9.64 Å². The highest BCUT2D eigenvalue weighted by atomic mass is 35.5. The van der Waals surface area contributed by atoms with Gasteiger partial charge in [-0.05, 0) is 17.7 Å². The fraction of sp³-hybridized carbons (Fsp3) is 0.538. The van der Waals surface area contributed by atoms with Crippen LogP contribution in [0.1, 0.15) is 5.56 Å². The molecule has 1 atom stereocenters. The molecule has 2 rings (SSSR count). The number of ether oxygens (including phenoxy) is 2. The number of rotatable bonds is 4. The molecule has 1 aromatic carbocycles.